The lowest BCUT2D eigenvalue weighted by Crippen LogP contribution is -2.30. The van der Waals surface area contributed by atoms with Gasteiger partial charge in [-0.3, -0.25) is 9.69 Å². The first-order valence-corrected chi connectivity index (χ1v) is 4.88. The minimum absolute atomic E-state index is 0.00481. The molecule has 15 heavy (non-hydrogen) atoms. The molecule has 0 saturated carbocycles. The van der Waals surface area contributed by atoms with Crippen LogP contribution in [0.4, 0.5) is 4.79 Å². The number of nitrogens with zero attached hydrogens (tertiary/aromatic N) is 2. The van der Waals surface area contributed by atoms with Gasteiger partial charge in [0.05, 0.1) is 19.2 Å². The Kier molecular flexibility index (Phi) is 3.67. The van der Waals surface area contributed by atoms with E-state index in [9.17, 15) is 9.59 Å². The van der Waals surface area contributed by atoms with E-state index in [4.69, 9.17) is 10.00 Å². The van der Waals surface area contributed by atoms with Gasteiger partial charge in [0.2, 0.25) is 0 Å². The molecule has 0 aromatic carbocycles. The van der Waals surface area contributed by atoms with Crippen molar-refractivity contribution in [3.05, 3.63) is 0 Å². The molecule has 1 aliphatic rings. The summed E-state index contributed by atoms with van der Waals surface area (Å²) in [4.78, 5) is 23.9. The van der Waals surface area contributed by atoms with Crippen molar-refractivity contribution in [1.82, 2.24) is 4.90 Å². The first kappa shape index (κ1) is 11.5. The Bertz CT molecular complexity index is 306. The van der Waals surface area contributed by atoms with Gasteiger partial charge in [0.1, 0.15) is 5.92 Å². The van der Waals surface area contributed by atoms with Gasteiger partial charge in [-0.15, -0.1) is 0 Å². The number of nitriles is 1. The fraction of sp³-hybridized carbons (Fsp3) is 0.700. The van der Waals surface area contributed by atoms with Crippen molar-refractivity contribution in [2.75, 3.05) is 19.7 Å². The smallest absolute Gasteiger partial charge is 0.410 e. The van der Waals surface area contributed by atoms with Crippen molar-refractivity contribution in [2.45, 2.75) is 13.8 Å². The Balaban J connectivity index is 2.43. The number of likely N-dealkylation sites (tertiary alicyclic amines) is 1. The first-order chi connectivity index (χ1) is 7.04. The van der Waals surface area contributed by atoms with E-state index in [1.165, 1.54) is 4.90 Å². The van der Waals surface area contributed by atoms with Gasteiger partial charge in [-0.2, -0.15) is 5.26 Å². The summed E-state index contributed by atoms with van der Waals surface area (Å²) >= 11 is 0. The SMILES string of the molecule is CC(C)COC(=O)N1CC(=O)C(C#N)C1. The second kappa shape index (κ2) is 4.78. The van der Waals surface area contributed by atoms with E-state index in [2.05, 4.69) is 0 Å². The van der Waals surface area contributed by atoms with Gasteiger partial charge in [-0.25, -0.2) is 4.79 Å². The number of Topliss-reactive ketones (excluding diaryl/α,β-unsaturated/α-hetero) is 1. The summed E-state index contributed by atoms with van der Waals surface area (Å²) in [5.74, 6) is -0.630. The lowest BCUT2D eigenvalue weighted by atomic mass is 10.1. The molecule has 0 aromatic heterocycles. The number of rotatable bonds is 2. The van der Waals surface area contributed by atoms with E-state index in [1.54, 1.807) is 0 Å². The summed E-state index contributed by atoms with van der Waals surface area (Å²) in [5.41, 5.74) is 0. The zero-order valence-corrected chi connectivity index (χ0v) is 8.90. The Morgan fingerprint density at radius 1 is 1.73 bits per heavy atom. The number of carbonyl (C=O) groups is 2. The second-order valence-corrected chi connectivity index (χ2v) is 4.00. The molecule has 0 N–H and O–H groups in total. The Labute approximate surface area is 88.6 Å². The fourth-order valence-corrected chi connectivity index (χ4v) is 1.27. The normalized spacial score (nSPS) is 20.5. The van der Waals surface area contributed by atoms with Crippen LogP contribution < -0.4 is 0 Å². The predicted octanol–water partition coefficient (Wildman–Crippen LogP) is 0.803. The highest BCUT2D eigenvalue weighted by atomic mass is 16.6. The van der Waals surface area contributed by atoms with Crippen LogP contribution in [-0.4, -0.2) is 36.5 Å². The number of carbonyl (C=O) groups excluding carboxylic acids is 2. The Morgan fingerprint density at radius 3 is 2.87 bits per heavy atom. The van der Waals surface area contributed by atoms with Gasteiger partial charge in [0.15, 0.2) is 5.78 Å². The van der Waals surface area contributed by atoms with Crippen LogP contribution in [0.1, 0.15) is 13.8 Å². The number of ether oxygens (including phenoxy) is 1. The zero-order chi connectivity index (χ0) is 11.4. The first-order valence-electron chi connectivity index (χ1n) is 4.88. The third-order valence-electron chi connectivity index (χ3n) is 2.09. The molecule has 1 fully saturated rings. The maximum absolute atomic E-state index is 11.4. The van der Waals surface area contributed by atoms with Crippen molar-refractivity contribution in [3.63, 3.8) is 0 Å². The molecule has 5 heteroatoms. The lowest BCUT2D eigenvalue weighted by molar-refractivity contribution is -0.118. The molecule has 82 valence electrons. The van der Waals surface area contributed by atoms with Crippen LogP contribution in [0.25, 0.3) is 0 Å². The predicted molar refractivity (Wildman–Crippen MR) is 51.9 cm³/mol. The molecule has 1 atom stereocenters. The van der Waals surface area contributed by atoms with Gasteiger partial charge < -0.3 is 4.74 Å². The molecular formula is C10H14N2O3. The zero-order valence-electron chi connectivity index (χ0n) is 8.90. The topological polar surface area (TPSA) is 70.4 Å². The minimum Gasteiger partial charge on any atom is -0.449 e. The molecule has 0 bridgehead atoms. The highest BCUT2D eigenvalue weighted by molar-refractivity contribution is 5.91. The molecule has 0 spiro atoms. The van der Waals surface area contributed by atoms with Crippen molar-refractivity contribution in [2.24, 2.45) is 11.8 Å². The van der Waals surface area contributed by atoms with Crippen LogP contribution >= 0.6 is 0 Å². The standard InChI is InChI=1S/C10H14N2O3/c1-7(2)6-15-10(14)12-4-8(3-11)9(13)5-12/h7-8H,4-6H2,1-2H3. The van der Waals surface area contributed by atoms with Crippen LogP contribution in [0.3, 0.4) is 0 Å². The number of hydrogen-bond donors (Lipinski definition) is 0. The quantitative estimate of drug-likeness (QED) is 0.676. The summed E-state index contributed by atoms with van der Waals surface area (Å²) in [6.07, 6.45) is -0.505. The minimum atomic E-state index is -0.684. The van der Waals surface area contributed by atoms with E-state index in [1.807, 2.05) is 19.9 Å². The molecular weight excluding hydrogens is 196 g/mol. The fourth-order valence-electron chi connectivity index (χ4n) is 1.27. The molecule has 0 aliphatic carbocycles. The molecule has 1 unspecified atom stereocenters. The van der Waals surface area contributed by atoms with E-state index in [0.29, 0.717) is 6.61 Å². The number of ketones is 1. The molecule has 0 radical (unpaired) electrons. The molecule has 5 nitrogen and oxygen atoms in total. The molecule has 1 saturated heterocycles. The molecule has 1 heterocycles. The molecule has 1 amide bonds. The highest BCUT2D eigenvalue weighted by Crippen LogP contribution is 2.13. The lowest BCUT2D eigenvalue weighted by Gasteiger charge is -2.15. The Morgan fingerprint density at radius 2 is 2.40 bits per heavy atom. The van der Waals surface area contributed by atoms with Crippen molar-refractivity contribution in [1.29, 1.82) is 5.26 Å². The van der Waals surface area contributed by atoms with Gasteiger partial charge in [0.25, 0.3) is 0 Å². The van der Waals surface area contributed by atoms with E-state index in [0.717, 1.165) is 0 Å². The molecule has 1 aliphatic heterocycles. The van der Waals surface area contributed by atoms with Gasteiger partial charge in [0, 0.05) is 6.54 Å². The maximum atomic E-state index is 11.4. The van der Waals surface area contributed by atoms with E-state index < -0.39 is 12.0 Å². The largest absolute Gasteiger partial charge is 0.449 e. The summed E-state index contributed by atoms with van der Waals surface area (Å²) in [6.45, 7) is 4.35. The van der Waals surface area contributed by atoms with Crippen LogP contribution in [0.5, 0.6) is 0 Å². The number of amides is 1. The summed E-state index contributed by atoms with van der Waals surface area (Å²) in [6, 6.07) is 1.86. The summed E-state index contributed by atoms with van der Waals surface area (Å²) in [7, 11) is 0. The second-order valence-electron chi connectivity index (χ2n) is 4.00. The highest BCUT2D eigenvalue weighted by Gasteiger charge is 2.34. The third-order valence-corrected chi connectivity index (χ3v) is 2.09. The summed E-state index contributed by atoms with van der Waals surface area (Å²) in [5, 5.41) is 8.60. The van der Waals surface area contributed by atoms with Crippen LogP contribution in [-0.2, 0) is 9.53 Å². The molecule has 1 rings (SSSR count). The van der Waals surface area contributed by atoms with Crippen molar-refractivity contribution in [3.8, 4) is 6.07 Å². The van der Waals surface area contributed by atoms with Crippen molar-refractivity contribution >= 4 is 11.9 Å². The third kappa shape index (κ3) is 2.94. The van der Waals surface area contributed by atoms with Gasteiger partial charge >= 0.3 is 6.09 Å². The van der Waals surface area contributed by atoms with Gasteiger partial charge in [-0.1, -0.05) is 13.8 Å². The van der Waals surface area contributed by atoms with Crippen LogP contribution in [0, 0.1) is 23.2 Å². The van der Waals surface area contributed by atoms with Crippen LogP contribution in [0.2, 0.25) is 0 Å². The van der Waals surface area contributed by atoms with Crippen LogP contribution in [0.15, 0.2) is 0 Å². The van der Waals surface area contributed by atoms with E-state index >= 15 is 0 Å². The van der Waals surface area contributed by atoms with Gasteiger partial charge in [-0.05, 0) is 5.92 Å². The molecule has 0 aromatic rings. The van der Waals surface area contributed by atoms with E-state index in [-0.39, 0.29) is 24.8 Å². The maximum Gasteiger partial charge on any atom is 0.410 e. The Hall–Kier alpha value is -1.57. The van der Waals surface area contributed by atoms with Crippen molar-refractivity contribution < 1.29 is 14.3 Å². The number of hydrogen-bond acceptors (Lipinski definition) is 4. The summed E-state index contributed by atoms with van der Waals surface area (Å²) < 4.78 is 4.95. The monoisotopic (exact) mass is 210 g/mol. The average molecular weight is 210 g/mol. The average Bonchev–Trinajstić information content (AvgIpc) is 2.56.